The van der Waals surface area contributed by atoms with Gasteiger partial charge in [0.05, 0.1) is 12.0 Å². The number of methoxy groups -OCH3 is 1. The number of nitro benzene ring substituents is 1. The Morgan fingerprint density at radius 2 is 1.92 bits per heavy atom. The van der Waals surface area contributed by atoms with E-state index >= 15 is 0 Å². The molecule has 7 nitrogen and oxygen atoms in total. The van der Waals surface area contributed by atoms with Gasteiger partial charge in [-0.2, -0.15) is 4.31 Å². The Hall–Kier alpha value is -2.52. The number of rotatable bonds is 6. The van der Waals surface area contributed by atoms with E-state index in [-0.39, 0.29) is 12.3 Å². The van der Waals surface area contributed by atoms with Crippen LogP contribution in [0.1, 0.15) is 5.56 Å². The molecule has 0 saturated carbocycles. The molecule has 0 amide bonds. The number of ether oxygens (including phenoxy) is 1. The molecule has 0 unspecified atom stereocenters. The molecule has 0 fully saturated rings. The van der Waals surface area contributed by atoms with Crippen LogP contribution in [-0.4, -0.2) is 31.8 Å². The molecule has 0 N–H and O–H groups in total. The molecule has 128 valence electrons. The number of nitrogens with zero attached hydrogens (tertiary/aromatic N) is 2. The Balaban J connectivity index is 2.33. The molecule has 9 heteroatoms. The van der Waals surface area contributed by atoms with E-state index in [0.717, 1.165) is 16.4 Å². The SMILES string of the molecule is COc1ccc(CN(C)S(=O)(=O)c2ccccc2[N+](=O)[O-])cc1F. The van der Waals surface area contributed by atoms with E-state index in [1.807, 2.05) is 0 Å². The first-order chi connectivity index (χ1) is 11.3. The van der Waals surface area contributed by atoms with Crippen LogP contribution in [-0.2, 0) is 16.6 Å². The second-order valence-corrected chi connectivity index (χ2v) is 6.97. The summed E-state index contributed by atoms with van der Waals surface area (Å²) >= 11 is 0. The van der Waals surface area contributed by atoms with E-state index in [4.69, 9.17) is 4.74 Å². The molecular weight excluding hydrogens is 339 g/mol. The monoisotopic (exact) mass is 354 g/mol. The van der Waals surface area contributed by atoms with Gasteiger partial charge < -0.3 is 4.74 Å². The van der Waals surface area contributed by atoms with Crippen LogP contribution < -0.4 is 4.74 Å². The second-order valence-electron chi connectivity index (χ2n) is 4.95. The molecule has 0 heterocycles. The molecule has 0 aliphatic carbocycles. The molecule has 0 spiro atoms. The Bertz CT molecular complexity index is 870. The summed E-state index contributed by atoms with van der Waals surface area (Å²) in [5, 5.41) is 11.0. The van der Waals surface area contributed by atoms with Crippen molar-refractivity contribution in [2.45, 2.75) is 11.4 Å². The lowest BCUT2D eigenvalue weighted by Crippen LogP contribution is -2.27. The number of nitro groups is 1. The predicted molar refractivity (Wildman–Crippen MR) is 84.7 cm³/mol. The summed E-state index contributed by atoms with van der Waals surface area (Å²) in [6, 6.07) is 9.14. The van der Waals surface area contributed by atoms with Crippen molar-refractivity contribution < 1.29 is 22.5 Å². The van der Waals surface area contributed by atoms with Crippen molar-refractivity contribution in [1.29, 1.82) is 0 Å². The van der Waals surface area contributed by atoms with Gasteiger partial charge in [0, 0.05) is 19.7 Å². The fourth-order valence-corrected chi connectivity index (χ4v) is 3.46. The van der Waals surface area contributed by atoms with Crippen molar-refractivity contribution in [2.24, 2.45) is 0 Å². The van der Waals surface area contributed by atoms with Gasteiger partial charge in [-0.25, -0.2) is 12.8 Å². The van der Waals surface area contributed by atoms with Crippen LogP contribution in [0.15, 0.2) is 47.4 Å². The van der Waals surface area contributed by atoms with Gasteiger partial charge in [-0.15, -0.1) is 0 Å². The highest BCUT2D eigenvalue weighted by atomic mass is 32.2. The Morgan fingerprint density at radius 3 is 2.50 bits per heavy atom. The molecule has 0 aliphatic rings. The fraction of sp³-hybridized carbons (Fsp3) is 0.200. The minimum atomic E-state index is -4.10. The quantitative estimate of drug-likeness (QED) is 0.587. The van der Waals surface area contributed by atoms with Crippen molar-refractivity contribution in [2.75, 3.05) is 14.2 Å². The summed E-state index contributed by atoms with van der Waals surface area (Å²) in [6.45, 7) is -0.144. The first-order valence-corrected chi connectivity index (χ1v) is 8.23. The Morgan fingerprint density at radius 1 is 1.25 bits per heavy atom. The van der Waals surface area contributed by atoms with Crippen LogP contribution in [0.4, 0.5) is 10.1 Å². The number of hydrogen-bond donors (Lipinski definition) is 0. The van der Waals surface area contributed by atoms with E-state index < -0.39 is 31.3 Å². The molecule has 24 heavy (non-hydrogen) atoms. The van der Waals surface area contributed by atoms with Gasteiger partial charge >= 0.3 is 0 Å². The van der Waals surface area contributed by atoms with Gasteiger partial charge in [0.1, 0.15) is 0 Å². The smallest absolute Gasteiger partial charge is 0.289 e. The highest BCUT2D eigenvalue weighted by molar-refractivity contribution is 7.89. The average molecular weight is 354 g/mol. The zero-order chi connectivity index (χ0) is 17.9. The van der Waals surface area contributed by atoms with Gasteiger partial charge in [-0.3, -0.25) is 10.1 Å². The molecule has 0 bridgehead atoms. The summed E-state index contributed by atoms with van der Waals surface area (Å²) in [6.07, 6.45) is 0. The Labute approximate surface area is 138 Å². The third-order valence-electron chi connectivity index (χ3n) is 3.37. The fourth-order valence-electron chi connectivity index (χ4n) is 2.14. The first kappa shape index (κ1) is 17.8. The van der Waals surface area contributed by atoms with E-state index in [0.29, 0.717) is 5.56 Å². The highest BCUT2D eigenvalue weighted by Gasteiger charge is 2.29. The third kappa shape index (κ3) is 3.52. The van der Waals surface area contributed by atoms with Crippen molar-refractivity contribution in [1.82, 2.24) is 4.31 Å². The van der Waals surface area contributed by atoms with Crippen LogP contribution in [0.2, 0.25) is 0 Å². The zero-order valence-electron chi connectivity index (χ0n) is 13.0. The standard InChI is InChI=1S/C15H15FN2O5S/c1-17(10-11-7-8-14(23-2)12(16)9-11)24(21,22)15-6-4-3-5-13(15)18(19)20/h3-9H,10H2,1-2H3. The largest absolute Gasteiger partial charge is 0.494 e. The summed E-state index contributed by atoms with van der Waals surface area (Å²) in [5.74, 6) is -0.575. The number of halogens is 1. The second kappa shape index (κ2) is 6.93. The molecule has 0 saturated heterocycles. The molecule has 0 atom stereocenters. The van der Waals surface area contributed by atoms with Crippen LogP contribution in [0, 0.1) is 15.9 Å². The van der Waals surface area contributed by atoms with Gasteiger partial charge in [0.15, 0.2) is 16.5 Å². The number of benzene rings is 2. The maximum Gasteiger partial charge on any atom is 0.289 e. The predicted octanol–water partition coefficient (Wildman–Crippen LogP) is 2.56. The summed E-state index contributed by atoms with van der Waals surface area (Å²) < 4.78 is 44.6. The molecule has 0 radical (unpaired) electrons. The van der Waals surface area contributed by atoms with E-state index in [1.54, 1.807) is 0 Å². The summed E-state index contributed by atoms with van der Waals surface area (Å²) in [7, 11) is -1.51. The summed E-state index contributed by atoms with van der Waals surface area (Å²) in [4.78, 5) is 9.86. The molecule has 0 aromatic heterocycles. The molecular formula is C15H15FN2O5S. The highest BCUT2D eigenvalue weighted by Crippen LogP contribution is 2.27. The first-order valence-electron chi connectivity index (χ1n) is 6.79. The Kier molecular flexibility index (Phi) is 5.15. The van der Waals surface area contributed by atoms with E-state index in [2.05, 4.69) is 0 Å². The maximum atomic E-state index is 13.7. The lowest BCUT2D eigenvalue weighted by Gasteiger charge is -2.17. The van der Waals surface area contributed by atoms with Crippen LogP contribution in [0.5, 0.6) is 5.75 Å². The topological polar surface area (TPSA) is 89.8 Å². The van der Waals surface area contributed by atoms with Gasteiger partial charge in [0.2, 0.25) is 10.0 Å². The molecule has 0 aliphatic heterocycles. The van der Waals surface area contributed by atoms with Gasteiger partial charge in [0.25, 0.3) is 5.69 Å². The minimum Gasteiger partial charge on any atom is -0.494 e. The minimum absolute atomic E-state index is 0.0444. The number of sulfonamides is 1. The number of hydrogen-bond acceptors (Lipinski definition) is 5. The van der Waals surface area contributed by atoms with E-state index in [9.17, 15) is 22.9 Å². The van der Waals surface area contributed by atoms with E-state index in [1.165, 1.54) is 44.5 Å². The third-order valence-corrected chi connectivity index (χ3v) is 5.22. The normalized spacial score (nSPS) is 11.5. The van der Waals surface area contributed by atoms with Crippen molar-refractivity contribution >= 4 is 15.7 Å². The lowest BCUT2D eigenvalue weighted by molar-refractivity contribution is -0.387. The van der Waals surface area contributed by atoms with Crippen molar-refractivity contribution in [3.05, 3.63) is 64.0 Å². The average Bonchev–Trinajstić information content (AvgIpc) is 2.55. The van der Waals surface area contributed by atoms with Crippen molar-refractivity contribution in [3.63, 3.8) is 0 Å². The molecule has 2 aromatic rings. The zero-order valence-corrected chi connectivity index (χ0v) is 13.8. The summed E-state index contributed by atoms with van der Waals surface area (Å²) in [5.41, 5.74) is -0.122. The van der Waals surface area contributed by atoms with Gasteiger partial charge in [-0.05, 0) is 23.8 Å². The number of para-hydroxylation sites is 1. The van der Waals surface area contributed by atoms with Gasteiger partial charge in [-0.1, -0.05) is 18.2 Å². The van der Waals surface area contributed by atoms with Crippen LogP contribution in [0.3, 0.4) is 0 Å². The van der Waals surface area contributed by atoms with Crippen LogP contribution >= 0.6 is 0 Å². The molecule has 2 rings (SSSR count). The maximum absolute atomic E-state index is 13.7. The molecule has 2 aromatic carbocycles. The van der Waals surface area contributed by atoms with Crippen molar-refractivity contribution in [3.8, 4) is 5.75 Å². The van der Waals surface area contributed by atoms with Crippen LogP contribution in [0.25, 0.3) is 0 Å². The lowest BCUT2D eigenvalue weighted by atomic mass is 10.2.